The summed E-state index contributed by atoms with van der Waals surface area (Å²) in [5, 5.41) is 2.86. The molecule has 3 nitrogen and oxygen atoms in total. The molecule has 8 aliphatic rings. The number of fused-ring (bicyclic) bond motifs is 6. The molecule has 1 heterocycles. The molecule has 0 amide bonds. The van der Waals surface area contributed by atoms with Crippen molar-refractivity contribution in [2.75, 3.05) is 11.5 Å². The van der Waals surface area contributed by atoms with Gasteiger partial charge in [-0.15, -0.1) is 6.58 Å². The van der Waals surface area contributed by atoms with E-state index in [9.17, 15) is 0 Å². The second kappa shape index (κ2) is 26.5. The summed E-state index contributed by atoms with van der Waals surface area (Å²) >= 11 is 0. The van der Waals surface area contributed by atoms with Gasteiger partial charge in [-0.25, -0.2) is 0 Å². The second-order valence-electron chi connectivity index (χ2n) is 30.1. The van der Waals surface area contributed by atoms with Crippen LogP contribution < -0.4 is 15.5 Å². The predicted octanol–water partition coefficient (Wildman–Crippen LogP) is 21.6. The van der Waals surface area contributed by atoms with E-state index in [0.717, 1.165) is 63.0 Å². The molecule has 5 aromatic carbocycles. The zero-order valence-corrected chi connectivity index (χ0v) is 56.7. The van der Waals surface area contributed by atoms with Gasteiger partial charge in [0.1, 0.15) is 0 Å². The first-order valence-corrected chi connectivity index (χ1v) is 38.9. The van der Waals surface area contributed by atoms with Gasteiger partial charge in [0.05, 0.1) is 6.10 Å². The average molecular weight is 1230 g/mol. The Hall–Kier alpha value is -7.50. The lowest BCUT2D eigenvalue weighted by atomic mass is 9.63. The van der Waals surface area contributed by atoms with Crippen molar-refractivity contribution in [3.05, 3.63) is 280 Å². The maximum absolute atomic E-state index is 6.67. The van der Waals surface area contributed by atoms with E-state index in [-0.39, 0.29) is 22.9 Å². The molecule has 1 aromatic heterocycles. The first kappa shape index (κ1) is 62.0. The molecule has 0 bridgehead atoms. The molecule has 2 fully saturated rings. The van der Waals surface area contributed by atoms with Crippen molar-refractivity contribution < 1.29 is 4.74 Å². The maximum Gasteiger partial charge on any atom is 0.0793 e. The van der Waals surface area contributed by atoms with E-state index in [1.807, 2.05) is 6.08 Å². The molecule has 470 valence electrons. The van der Waals surface area contributed by atoms with Crippen molar-refractivity contribution in [3.8, 4) is 5.69 Å². The number of hydrogen-bond acceptors (Lipinski definition) is 2. The summed E-state index contributed by atoms with van der Waals surface area (Å²) in [6.07, 6.45) is 52.9. The summed E-state index contributed by atoms with van der Waals surface area (Å²) in [7, 11) is -1.62. The Labute approximate surface area is 552 Å². The number of anilines is 2. The predicted molar refractivity (Wildman–Crippen MR) is 395 cm³/mol. The van der Waals surface area contributed by atoms with E-state index in [2.05, 4.69) is 275 Å². The van der Waals surface area contributed by atoms with Crippen molar-refractivity contribution in [2.24, 2.45) is 40.9 Å². The molecule has 14 rings (SSSR count). The Bertz CT molecular complexity index is 4070. The minimum atomic E-state index is -1.62. The highest BCUT2D eigenvalue weighted by molar-refractivity contribution is 6.77. The molecule has 6 aromatic rings. The number of benzene rings is 5. The van der Waals surface area contributed by atoms with Crippen molar-refractivity contribution >= 4 is 54.9 Å². The van der Waals surface area contributed by atoms with Crippen LogP contribution >= 0.6 is 0 Å². The first-order chi connectivity index (χ1) is 44.8. The van der Waals surface area contributed by atoms with Gasteiger partial charge < -0.3 is 14.2 Å². The van der Waals surface area contributed by atoms with Crippen LogP contribution in [-0.2, 0) is 16.6 Å². The zero-order chi connectivity index (χ0) is 63.0. The number of allylic oxidation sites excluding steroid dienone is 13. The van der Waals surface area contributed by atoms with Gasteiger partial charge in [-0.2, -0.15) is 0 Å². The second-order valence-corrected chi connectivity index (χ2v) is 35.5. The van der Waals surface area contributed by atoms with Crippen LogP contribution in [0.15, 0.2) is 230 Å². The quantitative estimate of drug-likeness (QED) is 0.0594. The molecular formula is C88H98N2OSi. The van der Waals surface area contributed by atoms with E-state index in [1.54, 1.807) is 5.57 Å². The fraction of sp³-hybridized carbons (Fsp3) is 0.364. The molecule has 0 aliphatic heterocycles. The first-order valence-electron chi connectivity index (χ1n) is 35.4. The lowest BCUT2D eigenvalue weighted by molar-refractivity contribution is 0.0972. The third kappa shape index (κ3) is 12.5. The fourth-order valence-corrected chi connectivity index (χ4v) is 19.9. The van der Waals surface area contributed by atoms with Crippen LogP contribution in [0.25, 0.3) is 41.1 Å². The number of para-hydroxylation sites is 1. The van der Waals surface area contributed by atoms with E-state index < -0.39 is 8.07 Å². The third-order valence-electron chi connectivity index (χ3n) is 23.2. The van der Waals surface area contributed by atoms with Gasteiger partial charge in [0.2, 0.25) is 0 Å². The summed E-state index contributed by atoms with van der Waals surface area (Å²) in [6.45, 7) is 21.2. The molecule has 4 heteroatoms. The minimum Gasteiger partial charge on any atom is -0.374 e. The minimum absolute atomic E-state index is 0.0535. The van der Waals surface area contributed by atoms with Crippen molar-refractivity contribution in [3.63, 3.8) is 0 Å². The van der Waals surface area contributed by atoms with Crippen molar-refractivity contribution in [1.82, 2.24) is 4.57 Å². The number of rotatable bonds is 19. The maximum atomic E-state index is 6.67. The number of nitrogens with zero attached hydrogens (tertiary/aromatic N) is 2. The summed E-state index contributed by atoms with van der Waals surface area (Å²) in [5.74, 6) is 3.84. The summed E-state index contributed by atoms with van der Waals surface area (Å²) < 4.78 is 9.23. The van der Waals surface area contributed by atoms with Gasteiger partial charge in [0.25, 0.3) is 0 Å². The molecular weight excluding hydrogens is 1130 g/mol. The van der Waals surface area contributed by atoms with Crippen LogP contribution in [0.5, 0.6) is 0 Å². The Kier molecular flexibility index (Phi) is 17.8. The SMILES string of the molecule is C=Cc1ccc(C2=CCC(OCC[Si](C)(C)CCCC3(c4ccccc4)C4=CC(N(c5ccc(C6=CC=C(C(C)(C)C)CC6)cc5)c5ccc(C6C=Cc7c(c8c(n7-c7ccccc7)=CCC(C7CCC(C=C)CC7)C=8)C6)cc5)=CCC4C4C=CCCC43)C=C2)cc1. The van der Waals surface area contributed by atoms with Crippen LogP contribution in [0.1, 0.15) is 149 Å². The molecule has 0 saturated heterocycles. The lowest BCUT2D eigenvalue weighted by Gasteiger charge is -2.41. The van der Waals surface area contributed by atoms with Crippen molar-refractivity contribution in [2.45, 2.75) is 153 Å². The van der Waals surface area contributed by atoms with Gasteiger partial charge in [-0.3, -0.25) is 0 Å². The van der Waals surface area contributed by atoms with E-state index in [0.29, 0.717) is 29.6 Å². The van der Waals surface area contributed by atoms with Crippen molar-refractivity contribution in [1.29, 1.82) is 0 Å². The van der Waals surface area contributed by atoms with Crippen LogP contribution in [0.4, 0.5) is 11.4 Å². The number of hydrogen-bond donors (Lipinski definition) is 0. The standard InChI is InChI=1S/C88H98N2OSi/c1-8-62-25-29-64(30-26-62)67-39-50-78(51-40-67)91-56-58-92(6,7)57-18-55-88(73-19-12-10-13-20-73)83-24-17-16-23-79(83)80-52-49-77(61-84(80)88)89(75-45-35-66(36-46-75)65-33-43-72(44-34-65)87(3,4)5)76-47-37-69(38-48-76)71-42-54-86-82(60-71)81-59-70(68-31-27-63(9-2)28-32-68)41-53-85(81)90(86)74-21-14-11-15-22-74/h8-16,19-23,25-26,29-30,33,35-40,42-43,45-50,53-54,59,61,63,68,70-71,78-80,83H,1-2,17-18,24,27-28,31-32,34,41,44,51-52,55-58,60H2,3-7H3. The van der Waals surface area contributed by atoms with Gasteiger partial charge in [0, 0.05) is 59.8 Å². The molecule has 0 radical (unpaired) electrons. The summed E-state index contributed by atoms with van der Waals surface area (Å²) in [4.78, 5) is 2.62. The molecule has 92 heavy (non-hydrogen) atoms. The topological polar surface area (TPSA) is 17.4 Å². The van der Waals surface area contributed by atoms with E-state index in [4.69, 9.17) is 4.74 Å². The Morgan fingerprint density at radius 1 is 0.717 bits per heavy atom. The molecule has 2 saturated carbocycles. The summed E-state index contributed by atoms with van der Waals surface area (Å²) in [6, 6.07) is 53.6. The molecule has 0 spiro atoms. The van der Waals surface area contributed by atoms with Crippen LogP contribution in [0.2, 0.25) is 25.2 Å². The summed E-state index contributed by atoms with van der Waals surface area (Å²) in [5.41, 5.74) is 20.5. The average Bonchev–Trinajstić information content (AvgIpc) is 1.55. The van der Waals surface area contributed by atoms with Gasteiger partial charge in [-0.1, -0.05) is 240 Å². The third-order valence-corrected chi connectivity index (χ3v) is 26.5. The van der Waals surface area contributed by atoms with E-state index >= 15 is 0 Å². The van der Waals surface area contributed by atoms with Gasteiger partial charge in [0.15, 0.2) is 0 Å². The molecule has 0 N–H and O–H groups in total. The Morgan fingerprint density at radius 3 is 2.15 bits per heavy atom. The largest absolute Gasteiger partial charge is 0.374 e. The Morgan fingerprint density at radius 2 is 1.46 bits per heavy atom. The van der Waals surface area contributed by atoms with Crippen LogP contribution in [0, 0.1) is 40.9 Å². The molecule has 7 atom stereocenters. The normalized spacial score (nSPS) is 25.7. The highest BCUT2D eigenvalue weighted by atomic mass is 28.3. The Balaban J connectivity index is 0.766. The number of ether oxygens (including phenoxy) is 1. The smallest absolute Gasteiger partial charge is 0.0793 e. The number of aromatic nitrogens is 1. The molecule has 8 aliphatic carbocycles. The zero-order valence-electron chi connectivity index (χ0n) is 55.7. The van der Waals surface area contributed by atoms with E-state index in [1.165, 1.54) is 141 Å². The van der Waals surface area contributed by atoms with Gasteiger partial charge in [-0.05, 0) is 229 Å². The monoisotopic (exact) mass is 1230 g/mol. The molecule has 7 unspecified atom stereocenters. The highest BCUT2D eigenvalue weighted by Crippen LogP contribution is 2.63. The highest BCUT2D eigenvalue weighted by Gasteiger charge is 2.57. The van der Waals surface area contributed by atoms with Gasteiger partial charge >= 0.3 is 0 Å². The lowest BCUT2D eigenvalue weighted by Crippen LogP contribution is -2.36. The fourth-order valence-electron chi connectivity index (χ4n) is 17.9. The van der Waals surface area contributed by atoms with Crippen LogP contribution in [-0.4, -0.2) is 25.4 Å². The van der Waals surface area contributed by atoms with Crippen LogP contribution in [0.3, 0.4) is 0 Å².